The van der Waals surface area contributed by atoms with Crippen molar-refractivity contribution in [2.75, 3.05) is 31.1 Å². The third kappa shape index (κ3) is 14.2. The van der Waals surface area contributed by atoms with E-state index in [4.69, 9.17) is 20.6 Å². The fraction of sp³-hybridized carbons (Fsp3) is 0.233. The summed E-state index contributed by atoms with van der Waals surface area (Å²) < 4.78 is 26.5. The van der Waals surface area contributed by atoms with E-state index in [0.29, 0.717) is 14.6 Å². The zero-order valence-electron chi connectivity index (χ0n) is 31.1. The van der Waals surface area contributed by atoms with Gasteiger partial charge in [0, 0.05) is 27.8 Å². The molecule has 2 saturated heterocycles. The van der Waals surface area contributed by atoms with Crippen molar-refractivity contribution < 1.29 is 18.8 Å². The maximum Gasteiger partial charge on any atom is 0.489 e. The molecule has 2 fully saturated rings. The minimum absolute atomic E-state index is 0.117. The summed E-state index contributed by atoms with van der Waals surface area (Å²) in [5.41, 5.74) is 6.50. The topological polar surface area (TPSA) is 127 Å². The summed E-state index contributed by atoms with van der Waals surface area (Å²) in [5.74, 6) is -0.911. The van der Waals surface area contributed by atoms with Crippen LogP contribution in [0, 0.1) is 49.2 Å². The van der Waals surface area contributed by atoms with Crippen molar-refractivity contribution in [3.8, 4) is 40.5 Å². The number of piperidine rings is 2. The molecule has 5 heterocycles. The highest BCUT2D eigenvalue weighted by atomic mass is 127. The molecule has 8 rings (SSSR count). The Morgan fingerprint density at radius 3 is 1.54 bits per heavy atom. The number of anilines is 1. The Kier molecular flexibility index (Phi) is 19.9. The first-order valence-electron chi connectivity index (χ1n) is 18.2. The van der Waals surface area contributed by atoms with Crippen LogP contribution in [0.25, 0.3) is 22.3 Å². The van der Waals surface area contributed by atoms with Gasteiger partial charge in [-0.15, -0.1) is 0 Å². The summed E-state index contributed by atoms with van der Waals surface area (Å²) >= 11 is 6.57. The SMILES string of the molecule is C1CCNCC1.N#Cc1c(-c2ccsc2)cccc1N1CCCCC1.N#Cc1c(F)cccc1-c1ccsc1.N#Cc1c(F)cccc1I.OB(O)c1ccsc1. The number of rotatable bonds is 4. The van der Waals surface area contributed by atoms with Crippen LogP contribution in [0.4, 0.5) is 14.5 Å². The minimum Gasteiger partial charge on any atom is -0.423 e. The van der Waals surface area contributed by atoms with Gasteiger partial charge in [-0.05, 0) is 153 Å². The van der Waals surface area contributed by atoms with Crippen LogP contribution < -0.4 is 15.7 Å². The van der Waals surface area contributed by atoms with Gasteiger partial charge in [-0.1, -0.05) is 42.8 Å². The molecule has 0 atom stereocenters. The van der Waals surface area contributed by atoms with Crippen molar-refractivity contribution in [3.63, 3.8) is 0 Å². The molecule has 0 saturated carbocycles. The molecule has 0 amide bonds. The van der Waals surface area contributed by atoms with E-state index in [1.54, 1.807) is 58.5 Å². The highest BCUT2D eigenvalue weighted by Crippen LogP contribution is 2.33. The molecule has 0 spiro atoms. The number of thiophene rings is 3. The fourth-order valence-corrected chi connectivity index (χ4v) is 8.41. The molecule has 3 aromatic heterocycles. The van der Waals surface area contributed by atoms with E-state index in [1.807, 2.05) is 51.6 Å². The van der Waals surface area contributed by atoms with Gasteiger partial charge in [0.2, 0.25) is 0 Å². The fourth-order valence-electron chi connectivity index (χ4n) is 5.84. The van der Waals surface area contributed by atoms with Gasteiger partial charge >= 0.3 is 7.12 Å². The summed E-state index contributed by atoms with van der Waals surface area (Å²) in [5, 5.41) is 58.5. The second kappa shape index (κ2) is 25.0. The Morgan fingerprint density at radius 2 is 1.12 bits per heavy atom. The maximum atomic E-state index is 13.2. The van der Waals surface area contributed by atoms with E-state index in [9.17, 15) is 14.0 Å². The van der Waals surface area contributed by atoms with Gasteiger partial charge in [-0.25, -0.2) is 8.78 Å². The smallest absolute Gasteiger partial charge is 0.423 e. The number of nitrogens with one attached hydrogen (secondary N) is 1. The van der Waals surface area contributed by atoms with Gasteiger partial charge < -0.3 is 20.3 Å². The van der Waals surface area contributed by atoms with Crippen LogP contribution in [0.5, 0.6) is 0 Å². The lowest BCUT2D eigenvalue weighted by atomic mass is 9.83. The maximum absolute atomic E-state index is 13.2. The highest BCUT2D eigenvalue weighted by molar-refractivity contribution is 14.1. The van der Waals surface area contributed by atoms with E-state index >= 15 is 0 Å². The Balaban J connectivity index is 0.000000167. The molecule has 7 nitrogen and oxygen atoms in total. The van der Waals surface area contributed by atoms with Crippen LogP contribution in [0.2, 0.25) is 0 Å². The van der Waals surface area contributed by atoms with Gasteiger partial charge in [0.05, 0.1) is 16.8 Å². The van der Waals surface area contributed by atoms with Crippen LogP contribution in [0.3, 0.4) is 0 Å². The third-order valence-electron chi connectivity index (χ3n) is 8.76. The van der Waals surface area contributed by atoms with Crippen molar-refractivity contribution in [2.45, 2.75) is 38.5 Å². The third-order valence-corrected chi connectivity index (χ3v) is 11.7. The van der Waals surface area contributed by atoms with Gasteiger partial charge in [-0.2, -0.15) is 49.8 Å². The molecule has 0 radical (unpaired) electrons. The highest BCUT2D eigenvalue weighted by Gasteiger charge is 2.17. The molecular formula is C43H41BF2IN5O2S3. The lowest BCUT2D eigenvalue weighted by molar-refractivity contribution is 0.426. The second-order valence-corrected chi connectivity index (χ2v) is 16.1. The molecule has 0 aliphatic carbocycles. The molecule has 0 unspecified atom stereocenters. The lowest BCUT2D eigenvalue weighted by Crippen LogP contribution is -2.30. The number of hydrogen-bond donors (Lipinski definition) is 3. The standard InChI is InChI=1S/C16H16N2S.C11H6FNS.C7H3FIN.C5H11N.C4H5BO2S/c17-11-15-14(13-7-10-19-12-13)5-4-6-16(15)18-8-2-1-3-9-18;12-11-3-1-2-9(10(11)6-13)8-4-5-14-7-8;8-6-2-1-3-7(9)5(6)4-10;1-2-4-6-5-3-1;6-5(7)4-1-2-8-3-4/h4-7,10,12H,1-3,8-9H2;1-5,7H;1-3H;6H,1-5H2;1-3,6-7H. The van der Waals surface area contributed by atoms with Gasteiger partial charge in [-0.3, -0.25) is 0 Å². The lowest BCUT2D eigenvalue weighted by Gasteiger charge is -2.30. The molecule has 3 N–H and O–H groups in total. The first-order valence-corrected chi connectivity index (χ1v) is 22.1. The summed E-state index contributed by atoms with van der Waals surface area (Å²) in [6.45, 7) is 4.64. The average Bonchev–Trinajstić information content (AvgIpc) is 4.08. The summed E-state index contributed by atoms with van der Waals surface area (Å²) in [7, 11) is -1.30. The van der Waals surface area contributed by atoms with Crippen LogP contribution in [-0.4, -0.2) is 43.3 Å². The molecule has 0 bridgehead atoms. The van der Waals surface area contributed by atoms with Crippen molar-refractivity contribution in [1.29, 1.82) is 15.8 Å². The first-order chi connectivity index (χ1) is 27.8. The minimum atomic E-state index is -1.30. The predicted molar refractivity (Wildman–Crippen MR) is 240 cm³/mol. The number of nitriles is 3. The van der Waals surface area contributed by atoms with E-state index < -0.39 is 18.8 Å². The van der Waals surface area contributed by atoms with Crippen LogP contribution in [0.15, 0.2) is 105 Å². The average molecular weight is 932 g/mol. The summed E-state index contributed by atoms with van der Waals surface area (Å²) in [6.07, 6.45) is 7.98. The monoisotopic (exact) mass is 931 g/mol. The normalized spacial score (nSPS) is 12.8. The van der Waals surface area contributed by atoms with Crippen LogP contribution >= 0.6 is 56.6 Å². The largest absolute Gasteiger partial charge is 0.489 e. The predicted octanol–water partition coefficient (Wildman–Crippen LogP) is 10.2. The van der Waals surface area contributed by atoms with Gasteiger partial charge in [0.1, 0.15) is 35.4 Å². The van der Waals surface area contributed by atoms with E-state index in [-0.39, 0.29) is 11.1 Å². The van der Waals surface area contributed by atoms with Crippen molar-refractivity contribution in [2.24, 2.45) is 0 Å². The zero-order chi connectivity index (χ0) is 40.8. The Hall–Kier alpha value is -4.44. The number of hydrogen-bond acceptors (Lipinski definition) is 10. The second-order valence-electron chi connectivity index (χ2n) is 12.6. The van der Waals surface area contributed by atoms with Crippen molar-refractivity contribution >= 4 is 74.9 Å². The van der Waals surface area contributed by atoms with E-state index in [2.05, 4.69) is 45.2 Å². The van der Waals surface area contributed by atoms with E-state index in [1.165, 1.54) is 86.4 Å². The van der Waals surface area contributed by atoms with E-state index in [0.717, 1.165) is 41.0 Å². The molecule has 57 heavy (non-hydrogen) atoms. The Labute approximate surface area is 359 Å². The molecule has 6 aromatic rings. The zero-order valence-corrected chi connectivity index (χ0v) is 35.7. The van der Waals surface area contributed by atoms with Crippen LogP contribution in [0.1, 0.15) is 55.2 Å². The molecule has 2 aliphatic rings. The molecule has 3 aromatic carbocycles. The Bertz CT molecular complexity index is 2180. The van der Waals surface area contributed by atoms with Crippen LogP contribution in [-0.2, 0) is 0 Å². The first kappa shape index (κ1) is 45.3. The number of nitrogens with zero attached hydrogens (tertiary/aromatic N) is 4. The van der Waals surface area contributed by atoms with Crippen molar-refractivity contribution in [3.05, 3.63) is 137 Å². The number of benzene rings is 3. The van der Waals surface area contributed by atoms with Crippen molar-refractivity contribution in [1.82, 2.24) is 5.32 Å². The summed E-state index contributed by atoms with van der Waals surface area (Å²) in [6, 6.07) is 27.1. The molecule has 2 aliphatic heterocycles. The van der Waals surface area contributed by atoms with Gasteiger partial charge in [0.15, 0.2) is 0 Å². The Morgan fingerprint density at radius 1 is 0.614 bits per heavy atom. The van der Waals surface area contributed by atoms with Gasteiger partial charge in [0.25, 0.3) is 0 Å². The molecular weight excluding hydrogens is 890 g/mol. The molecule has 14 heteroatoms. The number of halogens is 3. The quantitative estimate of drug-likeness (QED) is 0.119. The molecule has 292 valence electrons. The summed E-state index contributed by atoms with van der Waals surface area (Å²) in [4.78, 5) is 2.36.